The molecule has 1 aromatic heterocycles. The zero-order valence-corrected chi connectivity index (χ0v) is 15.3. The topological polar surface area (TPSA) is 117 Å². The normalized spacial score (nSPS) is 13.5. The van der Waals surface area contributed by atoms with Gasteiger partial charge in [-0.1, -0.05) is 6.07 Å². The Labute approximate surface area is 159 Å². The van der Waals surface area contributed by atoms with Crippen molar-refractivity contribution in [3.63, 3.8) is 0 Å². The van der Waals surface area contributed by atoms with E-state index in [0.29, 0.717) is 35.3 Å². The molecule has 0 bridgehead atoms. The summed E-state index contributed by atoms with van der Waals surface area (Å²) in [6.07, 6.45) is -1.04. The maximum atomic E-state index is 12.2. The van der Waals surface area contributed by atoms with Crippen LogP contribution in [0.15, 0.2) is 29.6 Å². The Morgan fingerprint density at radius 3 is 2.70 bits per heavy atom. The second kappa shape index (κ2) is 8.09. The molecule has 2 heterocycles. The predicted octanol–water partition coefficient (Wildman–Crippen LogP) is 1.73. The number of rotatable bonds is 6. The Morgan fingerprint density at radius 1 is 1.22 bits per heavy atom. The number of nitrogens with one attached hydrogen (secondary N) is 1. The van der Waals surface area contributed by atoms with Crippen LogP contribution in [-0.4, -0.2) is 37.1 Å². The second-order valence-electron chi connectivity index (χ2n) is 5.80. The molecule has 0 saturated carbocycles. The number of benzene rings is 1. The molecule has 3 rings (SSSR count). The number of nitrogens with two attached hydrogens (primary N) is 1. The molecule has 1 atom stereocenters. The standard InChI is InChI=1S/C18H18N2O6S/c1-10(17(23)20-18-12(16(19)22)4-7-27-18)26-15(21)9-11-2-3-13-14(8-11)25-6-5-24-13/h2-4,7-8,10H,5-6,9H2,1H3,(H2,19,22)(H,20,23)/t10-/m1/s1. The van der Waals surface area contributed by atoms with Crippen molar-refractivity contribution in [2.45, 2.75) is 19.4 Å². The van der Waals surface area contributed by atoms with Gasteiger partial charge in [0, 0.05) is 0 Å². The summed E-state index contributed by atoms with van der Waals surface area (Å²) >= 11 is 1.16. The van der Waals surface area contributed by atoms with Gasteiger partial charge in [-0.05, 0) is 36.1 Å². The Hall–Kier alpha value is -3.07. The summed E-state index contributed by atoms with van der Waals surface area (Å²) < 4.78 is 16.1. The van der Waals surface area contributed by atoms with E-state index in [9.17, 15) is 14.4 Å². The van der Waals surface area contributed by atoms with Gasteiger partial charge in [-0.15, -0.1) is 11.3 Å². The van der Waals surface area contributed by atoms with Gasteiger partial charge in [0.05, 0.1) is 12.0 Å². The Morgan fingerprint density at radius 2 is 1.96 bits per heavy atom. The number of hydrogen-bond donors (Lipinski definition) is 2. The quantitative estimate of drug-likeness (QED) is 0.726. The Bertz CT molecular complexity index is 878. The smallest absolute Gasteiger partial charge is 0.311 e. The van der Waals surface area contributed by atoms with E-state index in [4.69, 9.17) is 19.9 Å². The lowest BCUT2D eigenvalue weighted by Gasteiger charge is -2.19. The van der Waals surface area contributed by atoms with E-state index in [1.165, 1.54) is 13.0 Å². The highest BCUT2D eigenvalue weighted by Gasteiger charge is 2.21. The van der Waals surface area contributed by atoms with Crippen molar-refractivity contribution in [1.82, 2.24) is 0 Å². The lowest BCUT2D eigenvalue weighted by molar-refractivity contribution is -0.152. The van der Waals surface area contributed by atoms with E-state index < -0.39 is 23.9 Å². The third-order valence-corrected chi connectivity index (χ3v) is 4.63. The molecule has 0 saturated heterocycles. The van der Waals surface area contributed by atoms with Crippen molar-refractivity contribution < 1.29 is 28.6 Å². The van der Waals surface area contributed by atoms with Crippen LogP contribution in [0.3, 0.4) is 0 Å². The van der Waals surface area contributed by atoms with Crippen LogP contribution < -0.4 is 20.5 Å². The number of anilines is 1. The summed E-state index contributed by atoms with van der Waals surface area (Å²) in [5.41, 5.74) is 6.14. The van der Waals surface area contributed by atoms with E-state index in [1.807, 2.05) is 0 Å². The highest BCUT2D eigenvalue weighted by molar-refractivity contribution is 7.14. The largest absolute Gasteiger partial charge is 0.486 e. The van der Waals surface area contributed by atoms with Crippen molar-refractivity contribution in [2.75, 3.05) is 18.5 Å². The molecule has 0 radical (unpaired) electrons. The van der Waals surface area contributed by atoms with Crippen LogP contribution in [0.4, 0.5) is 5.00 Å². The van der Waals surface area contributed by atoms with Gasteiger partial charge in [0.2, 0.25) is 0 Å². The summed E-state index contributed by atoms with van der Waals surface area (Å²) in [6, 6.07) is 6.70. The van der Waals surface area contributed by atoms with Crippen LogP contribution >= 0.6 is 11.3 Å². The molecule has 0 unspecified atom stereocenters. The van der Waals surface area contributed by atoms with Gasteiger partial charge < -0.3 is 25.3 Å². The fourth-order valence-electron chi connectivity index (χ4n) is 2.47. The molecular weight excluding hydrogens is 372 g/mol. The summed E-state index contributed by atoms with van der Waals surface area (Å²) in [6.45, 7) is 2.39. The van der Waals surface area contributed by atoms with Crippen LogP contribution in [0.1, 0.15) is 22.8 Å². The number of esters is 1. The molecule has 8 nitrogen and oxygen atoms in total. The first-order chi connectivity index (χ1) is 12.9. The monoisotopic (exact) mass is 390 g/mol. The molecule has 0 fully saturated rings. The number of amides is 2. The Balaban J connectivity index is 1.56. The zero-order chi connectivity index (χ0) is 19.4. The molecule has 142 valence electrons. The summed E-state index contributed by atoms with van der Waals surface area (Å²) in [5.74, 6) is -0.540. The lowest BCUT2D eigenvalue weighted by atomic mass is 10.1. The minimum absolute atomic E-state index is 0.0141. The number of primary amides is 1. The number of hydrogen-bond acceptors (Lipinski definition) is 7. The van der Waals surface area contributed by atoms with Gasteiger partial charge in [0.15, 0.2) is 17.6 Å². The van der Waals surface area contributed by atoms with Gasteiger partial charge in [0.1, 0.15) is 18.2 Å². The van der Waals surface area contributed by atoms with Crippen molar-refractivity contribution in [3.8, 4) is 11.5 Å². The molecule has 1 aliphatic rings. The minimum Gasteiger partial charge on any atom is -0.486 e. The zero-order valence-electron chi connectivity index (χ0n) is 14.5. The average molecular weight is 390 g/mol. The molecular formula is C18H18N2O6S. The molecule has 1 aliphatic heterocycles. The third kappa shape index (κ3) is 4.56. The van der Waals surface area contributed by atoms with Crippen molar-refractivity contribution in [1.29, 1.82) is 0 Å². The molecule has 2 amide bonds. The van der Waals surface area contributed by atoms with E-state index in [1.54, 1.807) is 23.6 Å². The minimum atomic E-state index is -1.03. The van der Waals surface area contributed by atoms with E-state index in [0.717, 1.165) is 11.3 Å². The molecule has 0 aliphatic carbocycles. The summed E-state index contributed by atoms with van der Waals surface area (Å²) in [4.78, 5) is 35.6. The summed E-state index contributed by atoms with van der Waals surface area (Å²) in [5, 5.41) is 4.50. The van der Waals surface area contributed by atoms with Crippen molar-refractivity contribution in [2.24, 2.45) is 5.73 Å². The fraction of sp³-hybridized carbons (Fsp3) is 0.278. The number of fused-ring (bicyclic) bond motifs is 1. The van der Waals surface area contributed by atoms with Crippen molar-refractivity contribution >= 4 is 34.1 Å². The van der Waals surface area contributed by atoms with E-state index in [2.05, 4.69) is 5.32 Å². The van der Waals surface area contributed by atoms with Crippen LogP contribution in [0.5, 0.6) is 11.5 Å². The van der Waals surface area contributed by atoms with E-state index in [-0.39, 0.29) is 12.0 Å². The van der Waals surface area contributed by atoms with Crippen LogP contribution in [0.2, 0.25) is 0 Å². The van der Waals surface area contributed by atoms with E-state index >= 15 is 0 Å². The highest BCUT2D eigenvalue weighted by atomic mass is 32.1. The number of carbonyl (C=O) groups excluding carboxylic acids is 3. The van der Waals surface area contributed by atoms with Crippen LogP contribution in [0, 0.1) is 0 Å². The third-order valence-electron chi connectivity index (χ3n) is 3.80. The predicted molar refractivity (Wildman–Crippen MR) is 98.2 cm³/mol. The second-order valence-corrected chi connectivity index (χ2v) is 6.72. The van der Waals surface area contributed by atoms with Crippen molar-refractivity contribution in [3.05, 3.63) is 40.8 Å². The molecule has 2 aromatic rings. The molecule has 3 N–H and O–H groups in total. The first-order valence-corrected chi connectivity index (χ1v) is 9.08. The van der Waals surface area contributed by atoms with Gasteiger partial charge in [-0.2, -0.15) is 0 Å². The number of carbonyl (C=O) groups is 3. The average Bonchev–Trinajstić information content (AvgIpc) is 3.09. The molecule has 27 heavy (non-hydrogen) atoms. The molecule has 9 heteroatoms. The Kier molecular flexibility index (Phi) is 5.60. The van der Waals surface area contributed by atoms with Crippen LogP contribution in [-0.2, 0) is 20.7 Å². The van der Waals surface area contributed by atoms with Gasteiger partial charge in [0.25, 0.3) is 11.8 Å². The number of ether oxygens (including phenoxy) is 3. The molecule has 1 aromatic carbocycles. The first kappa shape index (κ1) is 18.7. The summed E-state index contributed by atoms with van der Waals surface area (Å²) in [7, 11) is 0. The SMILES string of the molecule is C[C@@H](OC(=O)Cc1ccc2c(c1)OCCO2)C(=O)Nc1sccc1C(N)=O. The maximum Gasteiger partial charge on any atom is 0.311 e. The fourth-order valence-corrected chi connectivity index (χ4v) is 3.27. The first-order valence-electron chi connectivity index (χ1n) is 8.20. The van der Waals surface area contributed by atoms with Gasteiger partial charge >= 0.3 is 5.97 Å². The maximum absolute atomic E-state index is 12.2. The lowest BCUT2D eigenvalue weighted by Crippen LogP contribution is -2.31. The van der Waals surface area contributed by atoms with Gasteiger partial charge in [-0.3, -0.25) is 14.4 Å². The van der Waals surface area contributed by atoms with Crippen LogP contribution in [0.25, 0.3) is 0 Å². The van der Waals surface area contributed by atoms with Gasteiger partial charge in [-0.25, -0.2) is 0 Å². The number of thiophene rings is 1. The molecule has 0 spiro atoms. The highest BCUT2D eigenvalue weighted by Crippen LogP contribution is 2.31.